The highest BCUT2D eigenvalue weighted by atomic mass is 32.2. The molecule has 0 radical (unpaired) electrons. The first kappa shape index (κ1) is 15.3. The number of amides is 1. The maximum absolute atomic E-state index is 12.1. The molecule has 1 aliphatic heterocycles. The summed E-state index contributed by atoms with van der Waals surface area (Å²) in [7, 11) is -2.93. The first-order chi connectivity index (χ1) is 9.37. The number of carboxylic acid groups (broad SMARTS) is 1. The van der Waals surface area contributed by atoms with Crippen LogP contribution in [0.5, 0.6) is 0 Å². The molecule has 0 aromatic carbocycles. The van der Waals surface area contributed by atoms with E-state index in [0.29, 0.717) is 25.7 Å². The topological polar surface area (TPSA) is 101 Å². The molecule has 2 rings (SSSR count). The standard InChI is InChI=1S/C13H21NO5S/c15-12(9-2-1-3-10(8-9)13(16)17)14-11-4-6-20(18,19)7-5-11/h9-11H,1-8H2,(H,14,15)(H,16,17). The van der Waals surface area contributed by atoms with Gasteiger partial charge in [-0.25, -0.2) is 8.42 Å². The van der Waals surface area contributed by atoms with Gasteiger partial charge in [0.05, 0.1) is 17.4 Å². The highest BCUT2D eigenvalue weighted by Crippen LogP contribution is 2.29. The Kier molecular flexibility index (Phi) is 4.67. The average Bonchev–Trinajstić information content (AvgIpc) is 2.41. The molecule has 0 aromatic heterocycles. The predicted octanol–water partition coefficient (Wildman–Crippen LogP) is 0.571. The van der Waals surface area contributed by atoms with Gasteiger partial charge in [-0.15, -0.1) is 0 Å². The molecule has 2 unspecified atom stereocenters. The summed E-state index contributed by atoms with van der Waals surface area (Å²) in [5.41, 5.74) is 0. The van der Waals surface area contributed by atoms with E-state index in [1.54, 1.807) is 0 Å². The molecule has 20 heavy (non-hydrogen) atoms. The molecule has 0 aromatic rings. The second kappa shape index (κ2) is 6.11. The lowest BCUT2D eigenvalue weighted by Crippen LogP contribution is -2.44. The van der Waals surface area contributed by atoms with Gasteiger partial charge in [-0.2, -0.15) is 0 Å². The van der Waals surface area contributed by atoms with Crippen LogP contribution in [0.25, 0.3) is 0 Å². The number of rotatable bonds is 3. The van der Waals surface area contributed by atoms with E-state index in [0.717, 1.165) is 12.8 Å². The van der Waals surface area contributed by atoms with Gasteiger partial charge in [0.25, 0.3) is 0 Å². The first-order valence-electron chi connectivity index (χ1n) is 7.11. The second-order valence-electron chi connectivity index (χ2n) is 5.83. The average molecular weight is 303 g/mol. The smallest absolute Gasteiger partial charge is 0.306 e. The Hall–Kier alpha value is -1.11. The van der Waals surface area contributed by atoms with Crippen molar-refractivity contribution in [2.24, 2.45) is 11.8 Å². The van der Waals surface area contributed by atoms with Gasteiger partial charge in [-0.05, 0) is 32.1 Å². The normalized spacial score (nSPS) is 30.6. The number of hydrogen-bond acceptors (Lipinski definition) is 4. The molecule has 1 amide bonds. The van der Waals surface area contributed by atoms with Crippen LogP contribution in [-0.4, -0.2) is 42.9 Å². The van der Waals surface area contributed by atoms with Crippen LogP contribution >= 0.6 is 0 Å². The van der Waals surface area contributed by atoms with E-state index in [4.69, 9.17) is 5.11 Å². The van der Waals surface area contributed by atoms with Crippen molar-refractivity contribution in [1.29, 1.82) is 0 Å². The molecule has 1 heterocycles. The van der Waals surface area contributed by atoms with Gasteiger partial charge in [-0.3, -0.25) is 9.59 Å². The first-order valence-corrected chi connectivity index (χ1v) is 8.93. The summed E-state index contributed by atoms with van der Waals surface area (Å²) in [4.78, 5) is 23.1. The van der Waals surface area contributed by atoms with Gasteiger partial charge in [0, 0.05) is 12.0 Å². The third-order valence-corrected chi connectivity index (χ3v) is 6.01. The molecule has 2 atom stereocenters. The number of hydrogen-bond donors (Lipinski definition) is 2. The summed E-state index contributed by atoms with van der Waals surface area (Å²) in [5, 5.41) is 11.9. The summed E-state index contributed by atoms with van der Waals surface area (Å²) in [6, 6.07) is -0.0868. The Morgan fingerprint density at radius 1 is 1.00 bits per heavy atom. The zero-order valence-electron chi connectivity index (χ0n) is 11.4. The van der Waals surface area contributed by atoms with Crippen LogP contribution in [0.2, 0.25) is 0 Å². The highest BCUT2D eigenvalue weighted by Gasteiger charge is 2.32. The molecular weight excluding hydrogens is 282 g/mol. The van der Waals surface area contributed by atoms with E-state index >= 15 is 0 Å². The van der Waals surface area contributed by atoms with Crippen LogP contribution in [0, 0.1) is 11.8 Å². The number of sulfone groups is 1. The SMILES string of the molecule is O=C(O)C1CCCC(C(=O)NC2CCS(=O)(=O)CC2)C1. The van der Waals surface area contributed by atoms with Gasteiger partial charge in [0.15, 0.2) is 0 Å². The lowest BCUT2D eigenvalue weighted by Gasteiger charge is -2.29. The zero-order chi connectivity index (χ0) is 14.8. The Balaban J connectivity index is 1.84. The van der Waals surface area contributed by atoms with Crippen LogP contribution in [0.4, 0.5) is 0 Å². The molecule has 114 valence electrons. The fourth-order valence-electron chi connectivity index (χ4n) is 3.01. The Labute approximate surface area is 118 Å². The summed E-state index contributed by atoms with van der Waals surface area (Å²) >= 11 is 0. The molecule has 2 N–H and O–H groups in total. The monoisotopic (exact) mass is 303 g/mol. The number of carbonyl (C=O) groups is 2. The molecule has 1 aliphatic carbocycles. The van der Waals surface area contributed by atoms with Crippen molar-refractivity contribution < 1.29 is 23.1 Å². The van der Waals surface area contributed by atoms with Gasteiger partial charge in [0.2, 0.25) is 5.91 Å². The van der Waals surface area contributed by atoms with E-state index in [-0.39, 0.29) is 29.4 Å². The highest BCUT2D eigenvalue weighted by molar-refractivity contribution is 7.91. The van der Waals surface area contributed by atoms with Crippen LogP contribution in [0.3, 0.4) is 0 Å². The molecular formula is C13H21NO5S. The number of aliphatic carboxylic acids is 1. The summed E-state index contributed by atoms with van der Waals surface area (Å²) in [5.74, 6) is -1.36. The minimum atomic E-state index is -2.93. The van der Waals surface area contributed by atoms with E-state index < -0.39 is 21.7 Å². The molecule has 1 saturated heterocycles. The van der Waals surface area contributed by atoms with Crippen molar-refractivity contribution in [3.05, 3.63) is 0 Å². The molecule has 1 saturated carbocycles. The third-order valence-electron chi connectivity index (χ3n) is 4.30. The predicted molar refractivity (Wildman–Crippen MR) is 72.9 cm³/mol. The van der Waals surface area contributed by atoms with E-state index in [2.05, 4.69) is 5.32 Å². The van der Waals surface area contributed by atoms with Gasteiger partial charge < -0.3 is 10.4 Å². The van der Waals surface area contributed by atoms with Crippen LogP contribution < -0.4 is 5.32 Å². The fourth-order valence-corrected chi connectivity index (χ4v) is 4.50. The van der Waals surface area contributed by atoms with Crippen molar-refractivity contribution in [3.63, 3.8) is 0 Å². The third kappa shape index (κ3) is 3.94. The van der Waals surface area contributed by atoms with Gasteiger partial charge in [-0.1, -0.05) is 6.42 Å². The van der Waals surface area contributed by atoms with Crippen molar-refractivity contribution in [1.82, 2.24) is 5.32 Å². The largest absolute Gasteiger partial charge is 0.481 e. The summed E-state index contributed by atoms with van der Waals surface area (Å²) in [6.07, 6.45) is 3.44. The van der Waals surface area contributed by atoms with Gasteiger partial charge >= 0.3 is 5.97 Å². The molecule has 2 fully saturated rings. The number of carboxylic acids is 1. The van der Waals surface area contributed by atoms with Crippen molar-refractivity contribution in [3.8, 4) is 0 Å². The van der Waals surface area contributed by atoms with Crippen LogP contribution in [0.15, 0.2) is 0 Å². The minimum absolute atomic E-state index is 0.0868. The molecule has 6 nitrogen and oxygen atoms in total. The maximum atomic E-state index is 12.1. The lowest BCUT2D eigenvalue weighted by atomic mass is 9.81. The second-order valence-corrected chi connectivity index (χ2v) is 8.14. The van der Waals surface area contributed by atoms with E-state index in [9.17, 15) is 18.0 Å². The lowest BCUT2D eigenvalue weighted by molar-refractivity contribution is -0.144. The summed E-state index contributed by atoms with van der Waals surface area (Å²) in [6.45, 7) is 0. The van der Waals surface area contributed by atoms with Crippen molar-refractivity contribution >= 4 is 21.7 Å². The molecule has 0 bridgehead atoms. The molecule has 2 aliphatic rings. The quantitative estimate of drug-likeness (QED) is 0.794. The van der Waals surface area contributed by atoms with E-state index in [1.165, 1.54) is 0 Å². The van der Waals surface area contributed by atoms with E-state index in [1.807, 2.05) is 0 Å². The Bertz CT molecular complexity index is 473. The van der Waals surface area contributed by atoms with Crippen molar-refractivity contribution in [2.75, 3.05) is 11.5 Å². The number of carbonyl (C=O) groups excluding carboxylic acids is 1. The minimum Gasteiger partial charge on any atom is -0.481 e. The summed E-state index contributed by atoms with van der Waals surface area (Å²) < 4.78 is 22.6. The Morgan fingerprint density at radius 2 is 1.60 bits per heavy atom. The zero-order valence-corrected chi connectivity index (χ0v) is 12.2. The van der Waals surface area contributed by atoms with Crippen molar-refractivity contribution in [2.45, 2.75) is 44.6 Å². The molecule has 7 heteroatoms. The van der Waals surface area contributed by atoms with Crippen LogP contribution in [-0.2, 0) is 19.4 Å². The fraction of sp³-hybridized carbons (Fsp3) is 0.846. The number of nitrogens with one attached hydrogen (secondary N) is 1. The van der Waals surface area contributed by atoms with Crippen LogP contribution in [0.1, 0.15) is 38.5 Å². The molecule has 0 spiro atoms. The maximum Gasteiger partial charge on any atom is 0.306 e. The Morgan fingerprint density at radius 3 is 2.20 bits per heavy atom. The van der Waals surface area contributed by atoms with Gasteiger partial charge in [0.1, 0.15) is 9.84 Å².